The van der Waals surface area contributed by atoms with Gasteiger partial charge in [0.2, 0.25) is 0 Å². The third-order valence-corrected chi connectivity index (χ3v) is 4.12. The molecule has 0 bridgehead atoms. The fourth-order valence-corrected chi connectivity index (χ4v) is 2.84. The number of carbonyl (C=O) groups is 2. The number of para-hydroxylation sites is 1. The average molecular weight is 324 g/mol. The van der Waals surface area contributed by atoms with Crippen molar-refractivity contribution in [1.29, 1.82) is 0 Å². The molecule has 2 aromatic rings. The van der Waals surface area contributed by atoms with Crippen LogP contribution in [0.4, 0.5) is 5.69 Å². The van der Waals surface area contributed by atoms with E-state index in [2.05, 4.69) is 11.4 Å². The van der Waals surface area contributed by atoms with Gasteiger partial charge in [0.1, 0.15) is 0 Å². The first-order valence-electron chi connectivity index (χ1n) is 7.97. The summed E-state index contributed by atoms with van der Waals surface area (Å²) in [5.74, 6) is -0.205. The Hall–Kier alpha value is -2.66. The zero-order chi connectivity index (χ0) is 16.9. The second kappa shape index (κ2) is 7.27. The van der Waals surface area contributed by atoms with Crippen molar-refractivity contribution in [3.8, 4) is 0 Å². The van der Waals surface area contributed by atoms with Crippen LogP contribution >= 0.6 is 0 Å². The molecular formula is C19H20N2O3. The number of rotatable bonds is 5. The number of carbonyl (C=O) groups excluding carboxylic acids is 2. The van der Waals surface area contributed by atoms with Crippen LogP contribution in [-0.2, 0) is 11.2 Å². The fraction of sp³-hybridized carbons (Fsp3) is 0.263. The van der Waals surface area contributed by atoms with Gasteiger partial charge in [-0.2, -0.15) is 0 Å². The maximum atomic E-state index is 12.7. The molecule has 5 nitrogen and oxygen atoms in total. The highest BCUT2D eigenvalue weighted by Crippen LogP contribution is 2.28. The lowest BCUT2D eigenvalue weighted by Gasteiger charge is -2.17. The van der Waals surface area contributed by atoms with Gasteiger partial charge in [0, 0.05) is 37.0 Å². The largest absolute Gasteiger partial charge is 0.383 e. The summed E-state index contributed by atoms with van der Waals surface area (Å²) in [5, 5.41) is 2.76. The second-order valence-electron chi connectivity index (χ2n) is 5.66. The molecule has 5 heteroatoms. The molecule has 124 valence electrons. The maximum absolute atomic E-state index is 12.7. The van der Waals surface area contributed by atoms with Crippen molar-refractivity contribution in [2.24, 2.45) is 0 Å². The number of ether oxygens (including phenoxy) is 1. The topological polar surface area (TPSA) is 58.6 Å². The molecule has 0 aromatic heterocycles. The summed E-state index contributed by atoms with van der Waals surface area (Å²) in [5.41, 5.74) is 3.29. The van der Waals surface area contributed by atoms with Gasteiger partial charge in [-0.3, -0.25) is 9.59 Å². The van der Waals surface area contributed by atoms with E-state index in [1.807, 2.05) is 18.2 Å². The standard InChI is InChI=1S/C19H20N2O3/c1-24-13-11-20-18(22)15-6-8-16(9-7-15)19(23)21-12-10-14-4-2-3-5-17(14)21/h2-9H,10-13H2,1H3,(H,20,22). The number of amides is 2. The van der Waals surface area contributed by atoms with Crippen molar-refractivity contribution < 1.29 is 14.3 Å². The Bertz CT molecular complexity index is 741. The minimum Gasteiger partial charge on any atom is -0.383 e. The Balaban J connectivity index is 1.70. The van der Waals surface area contributed by atoms with Crippen LogP contribution in [0.3, 0.4) is 0 Å². The quantitative estimate of drug-likeness (QED) is 0.858. The Morgan fingerprint density at radius 3 is 2.54 bits per heavy atom. The summed E-state index contributed by atoms with van der Waals surface area (Å²) in [4.78, 5) is 26.5. The summed E-state index contributed by atoms with van der Waals surface area (Å²) < 4.78 is 4.90. The van der Waals surface area contributed by atoms with E-state index in [-0.39, 0.29) is 11.8 Å². The lowest BCUT2D eigenvalue weighted by molar-refractivity contribution is 0.0935. The van der Waals surface area contributed by atoms with Gasteiger partial charge in [-0.15, -0.1) is 0 Å². The Morgan fingerprint density at radius 2 is 1.79 bits per heavy atom. The first-order chi connectivity index (χ1) is 11.7. The highest BCUT2D eigenvalue weighted by atomic mass is 16.5. The van der Waals surface area contributed by atoms with E-state index in [0.717, 1.165) is 12.1 Å². The van der Waals surface area contributed by atoms with Gasteiger partial charge >= 0.3 is 0 Å². The number of fused-ring (bicyclic) bond motifs is 1. The number of nitrogens with one attached hydrogen (secondary N) is 1. The molecule has 1 N–H and O–H groups in total. The van der Waals surface area contributed by atoms with Crippen LogP contribution < -0.4 is 10.2 Å². The first kappa shape index (κ1) is 16.2. The van der Waals surface area contributed by atoms with Crippen molar-refractivity contribution >= 4 is 17.5 Å². The van der Waals surface area contributed by atoms with Crippen LogP contribution in [0.2, 0.25) is 0 Å². The third kappa shape index (κ3) is 3.31. The molecule has 2 amide bonds. The molecule has 24 heavy (non-hydrogen) atoms. The number of methoxy groups -OCH3 is 1. The van der Waals surface area contributed by atoms with Gasteiger partial charge < -0.3 is 15.0 Å². The molecule has 0 saturated heterocycles. The van der Waals surface area contributed by atoms with E-state index in [4.69, 9.17) is 4.74 Å². The van der Waals surface area contributed by atoms with Crippen LogP contribution in [0.15, 0.2) is 48.5 Å². The maximum Gasteiger partial charge on any atom is 0.258 e. The minimum absolute atomic E-state index is 0.0358. The number of hydrogen-bond acceptors (Lipinski definition) is 3. The van der Waals surface area contributed by atoms with Crippen molar-refractivity contribution in [2.45, 2.75) is 6.42 Å². The molecule has 1 heterocycles. The molecule has 0 atom stereocenters. The molecule has 0 fully saturated rings. The van der Waals surface area contributed by atoms with Gasteiger partial charge in [-0.25, -0.2) is 0 Å². The average Bonchev–Trinajstić information content (AvgIpc) is 3.05. The summed E-state index contributed by atoms with van der Waals surface area (Å²) in [6.07, 6.45) is 0.877. The Labute approximate surface area is 141 Å². The van der Waals surface area contributed by atoms with Crippen molar-refractivity contribution in [3.63, 3.8) is 0 Å². The molecule has 1 aliphatic rings. The summed E-state index contributed by atoms with van der Waals surface area (Å²) >= 11 is 0. The number of nitrogens with zero attached hydrogens (tertiary/aromatic N) is 1. The summed E-state index contributed by atoms with van der Waals surface area (Å²) in [6.45, 7) is 1.62. The van der Waals surface area contributed by atoms with Crippen molar-refractivity contribution in [3.05, 3.63) is 65.2 Å². The van der Waals surface area contributed by atoms with Gasteiger partial charge in [0.25, 0.3) is 11.8 Å². The highest BCUT2D eigenvalue weighted by Gasteiger charge is 2.25. The van der Waals surface area contributed by atoms with Gasteiger partial charge in [-0.1, -0.05) is 18.2 Å². The summed E-state index contributed by atoms with van der Waals surface area (Å²) in [7, 11) is 1.59. The summed E-state index contributed by atoms with van der Waals surface area (Å²) in [6, 6.07) is 14.7. The fourth-order valence-electron chi connectivity index (χ4n) is 2.84. The lowest BCUT2D eigenvalue weighted by Crippen LogP contribution is -2.29. The normalized spacial score (nSPS) is 12.8. The number of anilines is 1. The Morgan fingerprint density at radius 1 is 1.08 bits per heavy atom. The predicted molar refractivity (Wildman–Crippen MR) is 92.5 cm³/mol. The molecule has 0 aliphatic carbocycles. The van der Waals surface area contributed by atoms with E-state index in [1.54, 1.807) is 36.3 Å². The van der Waals surface area contributed by atoms with Crippen molar-refractivity contribution in [2.75, 3.05) is 31.7 Å². The molecule has 0 radical (unpaired) electrons. The molecular weight excluding hydrogens is 304 g/mol. The van der Waals surface area contributed by atoms with Crippen LogP contribution in [0.25, 0.3) is 0 Å². The van der Waals surface area contributed by atoms with Gasteiger partial charge in [-0.05, 0) is 42.3 Å². The van der Waals surface area contributed by atoms with Crippen molar-refractivity contribution in [1.82, 2.24) is 5.32 Å². The molecule has 3 rings (SSSR count). The van der Waals surface area contributed by atoms with Crippen LogP contribution in [0.1, 0.15) is 26.3 Å². The zero-order valence-electron chi connectivity index (χ0n) is 13.6. The number of hydrogen-bond donors (Lipinski definition) is 1. The van der Waals surface area contributed by atoms with Crippen LogP contribution in [0, 0.1) is 0 Å². The van der Waals surface area contributed by atoms with Gasteiger partial charge in [0.05, 0.1) is 6.61 Å². The minimum atomic E-state index is -0.169. The first-order valence-corrected chi connectivity index (χ1v) is 7.97. The molecule has 0 saturated carbocycles. The number of benzene rings is 2. The SMILES string of the molecule is COCCNC(=O)c1ccc(C(=O)N2CCc3ccccc32)cc1. The van der Waals surface area contributed by atoms with E-state index >= 15 is 0 Å². The molecule has 0 spiro atoms. The smallest absolute Gasteiger partial charge is 0.258 e. The van der Waals surface area contributed by atoms with Crippen LogP contribution in [0.5, 0.6) is 0 Å². The molecule has 1 aliphatic heterocycles. The van der Waals surface area contributed by atoms with E-state index in [0.29, 0.717) is 30.8 Å². The van der Waals surface area contributed by atoms with E-state index < -0.39 is 0 Å². The third-order valence-electron chi connectivity index (χ3n) is 4.12. The second-order valence-corrected chi connectivity index (χ2v) is 5.66. The van der Waals surface area contributed by atoms with E-state index in [9.17, 15) is 9.59 Å². The van der Waals surface area contributed by atoms with Crippen LogP contribution in [-0.4, -0.2) is 38.6 Å². The highest BCUT2D eigenvalue weighted by molar-refractivity contribution is 6.07. The van der Waals surface area contributed by atoms with Gasteiger partial charge in [0.15, 0.2) is 0 Å². The lowest BCUT2D eigenvalue weighted by atomic mass is 10.1. The monoisotopic (exact) mass is 324 g/mol. The molecule has 0 unspecified atom stereocenters. The molecule has 2 aromatic carbocycles. The Kier molecular flexibility index (Phi) is 4.91. The van der Waals surface area contributed by atoms with E-state index in [1.165, 1.54) is 5.56 Å². The zero-order valence-corrected chi connectivity index (χ0v) is 13.6. The predicted octanol–water partition coefficient (Wildman–Crippen LogP) is 2.27.